The van der Waals surface area contributed by atoms with Gasteiger partial charge in [-0.3, -0.25) is 14.9 Å². The maximum absolute atomic E-state index is 12.3. The number of non-ortho nitro benzene ring substituents is 1. The Morgan fingerprint density at radius 2 is 1.95 bits per heavy atom. The van der Waals surface area contributed by atoms with E-state index in [0.29, 0.717) is 16.8 Å². The summed E-state index contributed by atoms with van der Waals surface area (Å²) >= 11 is 0. The van der Waals surface area contributed by atoms with Crippen LogP contribution in [0.25, 0.3) is 0 Å². The first kappa shape index (κ1) is 14.5. The maximum Gasteiger partial charge on any atom is 0.269 e. The van der Waals surface area contributed by atoms with E-state index in [1.54, 1.807) is 43.4 Å². The molecule has 0 heterocycles. The number of nitrogens with two attached hydrogens (primary N) is 1. The fourth-order valence-corrected chi connectivity index (χ4v) is 2.01. The monoisotopic (exact) mass is 285 g/mol. The van der Waals surface area contributed by atoms with Crippen LogP contribution in [0.3, 0.4) is 0 Å². The van der Waals surface area contributed by atoms with Gasteiger partial charge in [0.15, 0.2) is 0 Å². The van der Waals surface area contributed by atoms with Gasteiger partial charge in [-0.1, -0.05) is 18.2 Å². The number of hydrogen-bond donors (Lipinski definition) is 1. The Kier molecular flexibility index (Phi) is 4.18. The molecule has 0 spiro atoms. The first-order valence-electron chi connectivity index (χ1n) is 6.31. The molecule has 2 rings (SSSR count). The molecule has 0 radical (unpaired) electrons. The molecule has 2 aromatic carbocycles. The van der Waals surface area contributed by atoms with E-state index in [9.17, 15) is 14.9 Å². The fourth-order valence-electron chi connectivity index (χ4n) is 2.01. The summed E-state index contributed by atoms with van der Waals surface area (Å²) in [5, 5.41) is 10.7. The van der Waals surface area contributed by atoms with E-state index >= 15 is 0 Å². The molecule has 2 N–H and O–H groups in total. The number of anilines is 1. The summed E-state index contributed by atoms with van der Waals surface area (Å²) in [4.78, 5) is 24.0. The highest BCUT2D eigenvalue weighted by Gasteiger charge is 2.13. The lowest BCUT2D eigenvalue weighted by Gasteiger charge is -2.17. The zero-order valence-corrected chi connectivity index (χ0v) is 11.5. The van der Waals surface area contributed by atoms with Crippen molar-refractivity contribution in [2.45, 2.75) is 6.54 Å². The van der Waals surface area contributed by atoms with Gasteiger partial charge in [0.05, 0.1) is 4.92 Å². The van der Waals surface area contributed by atoms with Crippen LogP contribution in [0.1, 0.15) is 15.9 Å². The largest absolute Gasteiger partial charge is 0.399 e. The van der Waals surface area contributed by atoms with Crippen molar-refractivity contribution in [3.05, 3.63) is 69.8 Å². The summed E-state index contributed by atoms with van der Waals surface area (Å²) in [6.07, 6.45) is 0. The van der Waals surface area contributed by atoms with Crippen molar-refractivity contribution in [3.8, 4) is 0 Å². The molecule has 0 fully saturated rings. The summed E-state index contributed by atoms with van der Waals surface area (Å²) in [5.41, 5.74) is 7.37. The predicted octanol–water partition coefficient (Wildman–Crippen LogP) is 2.45. The molecule has 0 aromatic heterocycles. The standard InChI is InChI=1S/C15H15N3O3/c1-17(15(19)12-5-3-6-13(16)9-12)10-11-4-2-7-14(8-11)18(20)21/h2-9H,10,16H2,1H3. The predicted molar refractivity (Wildman–Crippen MR) is 79.7 cm³/mol. The van der Waals surface area contributed by atoms with Gasteiger partial charge in [-0.25, -0.2) is 0 Å². The summed E-state index contributed by atoms with van der Waals surface area (Å²) in [6, 6.07) is 12.9. The van der Waals surface area contributed by atoms with Crippen LogP contribution in [-0.2, 0) is 6.54 Å². The van der Waals surface area contributed by atoms with Gasteiger partial charge < -0.3 is 10.6 Å². The van der Waals surface area contributed by atoms with Crippen LogP contribution < -0.4 is 5.73 Å². The van der Waals surface area contributed by atoms with Crippen molar-refractivity contribution in [2.24, 2.45) is 0 Å². The molecule has 0 atom stereocenters. The van der Waals surface area contributed by atoms with Crippen molar-refractivity contribution < 1.29 is 9.72 Å². The van der Waals surface area contributed by atoms with Gasteiger partial charge >= 0.3 is 0 Å². The molecule has 6 heteroatoms. The third kappa shape index (κ3) is 3.56. The van der Waals surface area contributed by atoms with Crippen LogP contribution in [0, 0.1) is 10.1 Å². The molecule has 0 aliphatic rings. The second-order valence-corrected chi connectivity index (χ2v) is 4.71. The van der Waals surface area contributed by atoms with Gasteiger partial charge in [0.2, 0.25) is 0 Å². The smallest absolute Gasteiger partial charge is 0.269 e. The highest BCUT2D eigenvalue weighted by atomic mass is 16.6. The van der Waals surface area contributed by atoms with E-state index in [0.717, 1.165) is 0 Å². The quantitative estimate of drug-likeness (QED) is 0.531. The van der Waals surface area contributed by atoms with Crippen LogP contribution in [0.4, 0.5) is 11.4 Å². The maximum atomic E-state index is 12.3. The summed E-state index contributed by atoms with van der Waals surface area (Å²) < 4.78 is 0. The lowest BCUT2D eigenvalue weighted by atomic mass is 10.1. The normalized spacial score (nSPS) is 10.1. The number of hydrogen-bond acceptors (Lipinski definition) is 4. The molecule has 0 aliphatic carbocycles. The van der Waals surface area contributed by atoms with Gasteiger partial charge in [0.1, 0.15) is 0 Å². The van der Waals surface area contributed by atoms with Gasteiger partial charge in [-0.05, 0) is 23.8 Å². The van der Waals surface area contributed by atoms with Crippen LogP contribution >= 0.6 is 0 Å². The zero-order valence-electron chi connectivity index (χ0n) is 11.5. The molecule has 21 heavy (non-hydrogen) atoms. The van der Waals surface area contributed by atoms with Gasteiger partial charge in [0.25, 0.3) is 11.6 Å². The van der Waals surface area contributed by atoms with Crippen LogP contribution in [0.5, 0.6) is 0 Å². The number of benzene rings is 2. The molecular formula is C15H15N3O3. The van der Waals surface area contributed by atoms with Crippen molar-refractivity contribution >= 4 is 17.3 Å². The molecule has 0 bridgehead atoms. The molecular weight excluding hydrogens is 270 g/mol. The van der Waals surface area contributed by atoms with Crippen molar-refractivity contribution in [2.75, 3.05) is 12.8 Å². The number of carbonyl (C=O) groups is 1. The van der Waals surface area contributed by atoms with Crippen LogP contribution in [-0.4, -0.2) is 22.8 Å². The average molecular weight is 285 g/mol. The highest BCUT2D eigenvalue weighted by molar-refractivity contribution is 5.94. The van der Waals surface area contributed by atoms with Gasteiger partial charge in [0, 0.05) is 37.0 Å². The van der Waals surface area contributed by atoms with E-state index in [1.165, 1.54) is 17.0 Å². The number of carbonyl (C=O) groups excluding carboxylic acids is 1. The number of nitro benzene ring substituents is 1. The molecule has 0 saturated heterocycles. The zero-order chi connectivity index (χ0) is 15.4. The minimum absolute atomic E-state index is 0.0114. The molecule has 1 amide bonds. The molecule has 108 valence electrons. The fraction of sp³-hybridized carbons (Fsp3) is 0.133. The van der Waals surface area contributed by atoms with E-state index in [-0.39, 0.29) is 18.1 Å². The average Bonchev–Trinajstić information content (AvgIpc) is 2.46. The third-order valence-electron chi connectivity index (χ3n) is 3.02. The molecule has 6 nitrogen and oxygen atoms in total. The van der Waals surface area contributed by atoms with Crippen LogP contribution in [0.2, 0.25) is 0 Å². The van der Waals surface area contributed by atoms with Crippen molar-refractivity contribution in [1.29, 1.82) is 0 Å². The minimum atomic E-state index is -0.455. The molecule has 0 unspecified atom stereocenters. The van der Waals surface area contributed by atoms with Gasteiger partial charge in [-0.2, -0.15) is 0 Å². The lowest BCUT2D eigenvalue weighted by molar-refractivity contribution is -0.384. The Hall–Kier alpha value is -2.89. The van der Waals surface area contributed by atoms with Crippen molar-refractivity contribution in [1.82, 2.24) is 4.90 Å². The Bertz CT molecular complexity index is 685. The summed E-state index contributed by atoms with van der Waals surface area (Å²) in [5.74, 6) is -0.186. The molecule has 0 aliphatic heterocycles. The number of rotatable bonds is 4. The molecule has 2 aromatic rings. The van der Waals surface area contributed by atoms with Gasteiger partial charge in [-0.15, -0.1) is 0 Å². The Morgan fingerprint density at radius 3 is 2.62 bits per heavy atom. The summed E-state index contributed by atoms with van der Waals surface area (Å²) in [7, 11) is 1.64. The van der Waals surface area contributed by atoms with E-state index in [4.69, 9.17) is 5.73 Å². The highest BCUT2D eigenvalue weighted by Crippen LogP contribution is 2.16. The Morgan fingerprint density at radius 1 is 1.24 bits per heavy atom. The third-order valence-corrected chi connectivity index (χ3v) is 3.02. The summed E-state index contributed by atoms with van der Waals surface area (Å²) in [6.45, 7) is 0.287. The Labute approximate surface area is 121 Å². The lowest BCUT2D eigenvalue weighted by Crippen LogP contribution is -2.26. The number of nitrogen functional groups attached to an aromatic ring is 1. The topological polar surface area (TPSA) is 89.5 Å². The first-order valence-corrected chi connectivity index (χ1v) is 6.31. The van der Waals surface area contributed by atoms with E-state index in [1.807, 2.05) is 0 Å². The second kappa shape index (κ2) is 6.04. The van der Waals surface area contributed by atoms with Crippen molar-refractivity contribution in [3.63, 3.8) is 0 Å². The first-order chi connectivity index (χ1) is 9.97. The number of nitrogens with zero attached hydrogens (tertiary/aromatic N) is 2. The number of amides is 1. The van der Waals surface area contributed by atoms with E-state index in [2.05, 4.69) is 0 Å². The van der Waals surface area contributed by atoms with E-state index < -0.39 is 4.92 Å². The molecule has 0 saturated carbocycles. The Balaban J connectivity index is 2.14. The van der Waals surface area contributed by atoms with Crippen LogP contribution in [0.15, 0.2) is 48.5 Å². The minimum Gasteiger partial charge on any atom is -0.399 e. The number of nitro groups is 1. The second-order valence-electron chi connectivity index (χ2n) is 4.71. The SMILES string of the molecule is CN(Cc1cccc([N+](=O)[O-])c1)C(=O)c1cccc(N)c1.